The van der Waals surface area contributed by atoms with E-state index in [-0.39, 0.29) is 12.3 Å². The number of piperazine rings is 1. The van der Waals surface area contributed by atoms with Crippen LogP contribution in [0, 0.1) is 11.3 Å². The van der Waals surface area contributed by atoms with Crippen LogP contribution in [-0.4, -0.2) is 73.4 Å². The summed E-state index contributed by atoms with van der Waals surface area (Å²) in [4.78, 5) is 9.50. The van der Waals surface area contributed by atoms with Crippen LogP contribution >= 0.6 is 0 Å². The Morgan fingerprint density at radius 3 is 2.95 bits per heavy atom. The summed E-state index contributed by atoms with van der Waals surface area (Å²) in [6.07, 6.45) is 3.65. The maximum Gasteiger partial charge on any atom is 0.101 e. The van der Waals surface area contributed by atoms with Crippen molar-refractivity contribution in [1.29, 1.82) is 5.26 Å². The number of benzene rings is 2. The number of para-hydroxylation sites is 1. The molecule has 1 aromatic heterocycles. The molecule has 7 heteroatoms. The maximum absolute atomic E-state index is 9.44. The molecule has 0 bridgehead atoms. The smallest absolute Gasteiger partial charge is 0.101 e. The van der Waals surface area contributed by atoms with Crippen molar-refractivity contribution in [2.75, 3.05) is 49.5 Å². The molecule has 0 amide bonds. The molecule has 0 unspecified atom stereocenters. The first-order chi connectivity index (χ1) is 18.6. The van der Waals surface area contributed by atoms with E-state index in [4.69, 9.17) is 6.11 Å². The second kappa shape index (κ2) is 10.7. The van der Waals surface area contributed by atoms with E-state index in [0.29, 0.717) is 29.2 Å². The fourth-order valence-corrected chi connectivity index (χ4v) is 6.24. The van der Waals surface area contributed by atoms with Crippen LogP contribution in [0.3, 0.4) is 0 Å². The molecule has 37 heavy (non-hydrogen) atoms. The molecular formula is C30H36N6O. The largest absolute Gasteiger partial charge is 0.382 e. The van der Waals surface area contributed by atoms with Gasteiger partial charge in [0.1, 0.15) is 6.07 Å². The van der Waals surface area contributed by atoms with Gasteiger partial charge in [0.05, 0.1) is 37.0 Å². The van der Waals surface area contributed by atoms with Crippen molar-refractivity contribution >= 4 is 22.3 Å². The van der Waals surface area contributed by atoms with Gasteiger partial charge < -0.3 is 20.3 Å². The number of pyridine rings is 1. The van der Waals surface area contributed by atoms with Crippen molar-refractivity contribution < 1.29 is 6.11 Å². The molecular weight excluding hydrogens is 460 g/mol. The van der Waals surface area contributed by atoms with Gasteiger partial charge in [0.2, 0.25) is 0 Å². The number of fused-ring (bicyclic) bond motifs is 2. The first-order valence-electron chi connectivity index (χ1n) is 14.1. The minimum atomic E-state index is 0.251. The van der Waals surface area contributed by atoms with E-state index >= 15 is 0 Å². The minimum Gasteiger partial charge on any atom is -0.382 e. The summed E-state index contributed by atoms with van der Waals surface area (Å²) < 4.78 is 14.5. The van der Waals surface area contributed by atoms with Crippen LogP contribution in [-0.2, 0) is 11.2 Å². The second-order valence-corrected chi connectivity index (χ2v) is 10.7. The fraction of sp³-hybridized carbons (Fsp3) is 0.467. The molecule has 3 fully saturated rings. The molecule has 3 saturated heterocycles. The average Bonchev–Trinajstić information content (AvgIpc) is 2.94. The molecule has 0 saturated carbocycles. The third-order valence-corrected chi connectivity index (χ3v) is 8.14. The van der Waals surface area contributed by atoms with E-state index in [1.54, 1.807) is 6.07 Å². The van der Waals surface area contributed by atoms with Crippen LogP contribution in [0.1, 0.15) is 32.3 Å². The van der Waals surface area contributed by atoms with Crippen molar-refractivity contribution in [2.45, 2.75) is 50.4 Å². The molecule has 0 spiro atoms. The van der Waals surface area contributed by atoms with Gasteiger partial charge in [-0.1, -0.05) is 24.3 Å². The summed E-state index contributed by atoms with van der Waals surface area (Å²) in [6.45, 7) is 7.80. The molecule has 2 aromatic carbocycles. The molecule has 3 aliphatic rings. The van der Waals surface area contributed by atoms with Crippen LogP contribution in [0.15, 0.2) is 54.7 Å². The predicted molar refractivity (Wildman–Crippen MR) is 148 cm³/mol. The number of anilines is 2. The molecule has 0 aliphatic carbocycles. The number of nitrogens with zero attached hydrogens (tertiary/aromatic N) is 4. The van der Waals surface area contributed by atoms with E-state index in [1.807, 2.05) is 18.2 Å². The third-order valence-electron chi connectivity index (χ3n) is 8.14. The second-order valence-electron chi connectivity index (χ2n) is 10.7. The van der Waals surface area contributed by atoms with E-state index < -0.39 is 0 Å². The highest BCUT2D eigenvalue weighted by Gasteiger charge is 2.37. The normalized spacial score (nSPS) is 26.8. The van der Waals surface area contributed by atoms with Crippen molar-refractivity contribution in [1.82, 2.24) is 15.2 Å². The summed E-state index contributed by atoms with van der Waals surface area (Å²) in [7, 11) is 0. The Bertz CT molecular complexity index is 1320. The lowest BCUT2D eigenvalue weighted by Gasteiger charge is -2.50. The topological polar surface area (TPSA) is 76.5 Å². The number of hydrogen-bond donors (Lipinski definition) is 2. The zero-order valence-electron chi connectivity index (χ0n) is 22.5. The molecule has 0 radical (unpaired) electrons. The van der Waals surface area contributed by atoms with Crippen molar-refractivity contribution in [3.8, 4) is 6.07 Å². The highest BCUT2D eigenvalue weighted by Crippen LogP contribution is 2.31. The van der Waals surface area contributed by atoms with Gasteiger partial charge in [0, 0.05) is 61.9 Å². The monoisotopic (exact) mass is 497 g/mol. The van der Waals surface area contributed by atoms with E-state index in [1.165, 1.54) is 11.3 Å². The summed E-state index contributed by atoms with van der Waals surface area (Å²) in [5.74, 6) is 0. The highest BCUT2D eigenvalue weighted by atomic mass is 16.5. The lowest BCUT2D eigenvalue weighted by atomic mass is 9.92. The number of ether oxygens (including phenoxy) is 1. The van der Waals surface area contributed by atoms with Gasteiger partial charge in [-0.15, -0.1) is 0 Å². The molecule has 192 valence electrons. The third kappa shape index (κ3) is 5.28. The number of nitriles is 1. The Labute approximate surface area is 220 Å². The first kappa shape index (κ1) is 23.0. The summed E-state index contributed by atoms with van der Waals surface area (Å²) in [6, 6.07) is 20.0. The summed E-state index contributed by atoms with van der Waals surface area (Å²) in [5, 5.41) is 17.6. The van der Waals surface area contributed by atoms with Gasteiger partial charge >= 0.3 is 0 Å². The van der Waals surface area contributed by atoms with E-state index in [0.717, 1.165) is 69.7 Å². The quantitative estimate of drug-likeness (QED) is 0.555. The Morgan fingerprint density at radius 1 is 1.24 bits per heavy atom. The van der Waals surface area contributed by atoms with E-state index in [2.05, 4.69) is 62.7 Å². The van der Waals surface area contributed by atoms with Crippen LogP contribution < -0.4 is 15.5 Å². The maximum atomic E-state index is 9.44. The number of hydrogen-bond acceptors (Lipinski definition) is 7. The highest BCUT2D eigenvalue weighted by molar-refractivity contribution is 5.86. The molecule has 7 nitrogen and oxygen atoms in total. The first-order valence-corrected chi connectivity index (χ1v) is 13.6. The Balaban J connectivity index is 1.12. The van der Waals surface area contributed by atoms with Crippen LogP contribution in [0.4, 0.5) is 11.4 Å². The fourth-order valence-electron chi connectivity index (χ4n) is 6.24. The van der Waals surface area contributed by atoms with Gasteiger partial charge in [-0.3, -0.25) is 9.88 Å². The number of piperidine rings is 1. The summed E-state index contributed by atoms with van der Waals surface area (Å²) >= 11 is 0. The van der Waals surface area contributed by atoms with Crippen molar-refractivity contribution in [2.24, 2.45) is 0 Å². The Morgan fingerprint density at radius 2 is 2.14 bits per heavy atom. The van der Waals surface area contributed by atoms with Gasteiger partial charge in [0.15, 0.2) is 0 Å². The van der Waals surface area contributed by atoms with Gasteiger partial charge in [-0.05, 0) is 56.0 Å². The van der Waals surface area contributed by atoms with Crippen LogP contribution in [0.25, 0.3) is 10.9 Å². The SMILES string of the molecule is [2H]c1nc2c(C#N)cccc2cc1N1C[C@@H]2C[C@H](Nc3ccc(C[C@@H]4CNCCO4)cc3)CCN2[C@H](C)C1. The summed E-state index contributed by atoms with van der Waals surface area (Å²) in [5.41, 5.74) is 4.49. The van der Waals surface area contributed by atoms with Gasteiger partial charge in [-0.2, -0.15) is 5.26 Å². The predicted octanol–water partition coefficient (Wildman–Crippen LogP) is 3.79. The zero-order chi connectivity index (χ0) is 26.1. The Kier molecular flexibility index (Phi) is 6.62. The average molecular weight is 498 g/mol. The van der Waals surface area contributed by atoms with Crippen LogP contribution in [0.5, 0.6) is 0 Å². The lowest BCUT2D eigenvalue weighted by Crippen LogP contribution is -2.61. The molecule has 2 N–H and O–H groups in total. The molecule has 4 heterocycles. The van der Waals surface area contributed by atoms with Crippen molar-refractivity contribution in [3.63, 3.8) is 0 Å². The van der Waals surface area contributed by atoms with E-state index in [9.17, 15) is 5.26 Å². The standard InChI is InChI=1S/C30H36N6O/c1-21-19-35(27-14-23-3-2-4-24(16-31)30(23)33-17-27)20-28-15-26(9-11-36(21)28)34-25-7-5-22(6-8-25)13-29-18-32-10-12-37-29/h2-8,14,17,21,26,28-29,32,34H,9-13,15,18-20H2,1H3/t21-,26-,28+,29-/m1/s1/i17D. The molecule has 3 aliphatic heterocycles. The zero-order valence-corrected chi connectivity index (χ0v) is 21.5. The number of rotatable bonds is 5. The van der Waals surface area contributed by atoms with Crippen molar-refractivity contribution in [3.05, 3.63) is 65.8 Å². The van der Waals surface area contributed by atoms with Gasteiger partial charge in [0.25, 0.3) is 0 Å². The molecule has 4 atom stereocenters. The number of morpholine rings is 1. The molecule has 6 rings (SSSR count). The number of nitrogens with one attached hydrogen (secondary N) is 2. The Hall–Kier alpha value is -3.18. The lowest BCUT2D eigenvalue weighted by molar-refractivity contribution is 0.0292. The van der Waals surface area contributed by atoms with Gasteiger partial charge in [-0.25, -0.2) is 0 Å². The number of aromatic nitrogens is 1. The van der Waals surface area contributed by atoms with Crippen LogP contribution in [0.2, 0.25) is 0 Å². The molecule has 3 aromatic rings. The minimum absolute atomic E-state index is 0.251.